The molecule has 27 heavy (non-hydrogen) atoms. The van der Waals surface area contributed by atoms with Gasteiger partial charge in [0, 0.05) is 27.9 Å². The maximum absolute atomic E-state index is 11.7. The quantitative estimate of drug-likeness (QED) is 0.241. The average molecular weight is 410 g/mol. The third kappa shape index (κ3) is 6.77. The molecule has 0 unspecified atom stereocenters. The monoisotopic (exact) mass is 409 g/mol. The molecule has 12 heteroatoms. The van der Waals surface area contributed by atoms with E-state index in [1.807, 2.05) is 0 Å². The molecule has 1 aliphatic heterocycles. The molecular formula is C15H20ClNO10. The van der Waals surface area contributed by atoms with E-state index in [4.69, 9.17) is 35.3 Å². The van der Waals surface area contributed by atoms with Crippen LogP contribution in [0, 0.1) is 0 Å². The Morgan fingerprint density at radius 3 is 1.96 bits per heavy atom. The summed E-state index contributed by atoms with van der Waals surface area (Å²) in [7, 11) is 1.23. The summed E-state index contributed by atoms with van der Waals surface area (Å²) in [5.41, 5.74) is 0. The molecule has 1 rings (SSSR count). The van der Waals surface area contributed by atoms with Crippen molar-refractivity contribution < 1.29 is 47.7 Å². The predicted octanol–water partition coefficient (Wildman–Crippen LogP) is -0.966. The number of amides is 1. The first-order valence-electron chi connectivity index (χ1n) is 7.73. The lowest BCUT2D eigenvalue weighted by Gasteiger charge is -2.44. The van der Waals surface area contributed by atoms with Gasteiger partial charge in [0.1, 0.15) is 18.8 Å². The Morgan fingerprint density at radius 2 is 1.52 bits per heavy atom. The fraction of sp³-hybridized carbons (Fsp3) is 0.667. The zero-order chi connectivity index (χ0) is 20.7. The number of methoxy groups -OCH3 is 1. The van der Waals surface area contributed by atoms with Gasteiger partial charge in [-0.05, 0) is 11.6 Å². The van der Waals surface area contributed by atoms with Gasteiger partial charge in [0.15, 0.2) is 18.5 Å². The number of esters is 3. The van der Waals surface area contributed by atoms with Crippen LogP contribution in [0.2, 0.25) is 0 Å². The standard InChI is InChI=1S/C15H20ClNO10/c1-6(18)24-5-9-11(25-7(2)19)12(26-8(3)20)10(15(23-4)27-9)17-14(22)13(16)21/h9-12,15H,5H2,1-4H3,(H,17,22)/t9-,10-,11-,12-,15-/m1/s1. The molecule has 1 heterocycles. The van der Waals surface area contributed by atoms with Crippen LogP contribution in [0.15, 0.2) is 0 Å². The van der Waals surface area contributed by atoms with Crippen molar-refractivity contribution in [1.82, 2.24) is 5.32 Å². The van der Waals surface area contributed by atoms with Gasteiger partial charge in [0.25, 0.3) is 0 Å². The van der Waals surface area contributed by atoms with Crippen molar-refractivity contribution in [2.45, 2.75) is 51.4 Å². The molecule has 1 N–H and O–H groups in total. The molecule has 5 atom stereocenters. The van der Waals surface area contributed by atoms with Gasteiger partial charge in [-0.25, -0.2) is 0 Å². The van der Waals surface area contributed by atoms with Crippen molar-refractivity contribution in [2.24, 2.45) is 0 Å². The van der Waals surface area contributed by atoms with E-state index in [1.165, 1.54) is 7.11 Å². The summed E-state index contributed by atoms with van der Waals surface area (Å²) in [6, 6.07) is -1.24. The topological polar surface area (TPSA) is 144 Å². The van der Waals surface area contributed by atoms with E-state index in [0.29, 0.717) is 0 Å². The number of rotatable bonds is 7. The van der Waals surface area contributed by atoms with Crippen molar-refractivity contribution in [2.75, 3.05) is 13.7 Å². The second-order valence-electron chi connectivity index (χ2n) is 5.50. The minimum Gasteiger partial charge on any atom is -0.463 e. The van der Waals surface area contributed by atoms with Crippen LogP contribution >= 0.6 is 11.6 Å². The Kier molecular flexibility index (Phi) is 8.60. The second kappa shape index (κ2) is 10.2. The van der Waals surface area contributed by atoms with Gasteiger partial charge in [-0.15, -0.1) is 0 Å². The largest absolute Gasteiger partial charge is 0.463 e. The van der Waals surface area contributed by atoms with E-state index in [-0.39, 0.29) is 6.61 Å². The minimum absolute atomic E-state index is 0.347. The number of hydrogen-bond donors (Lipinski definition) is 1. The number of halogens is 1. The normalized spacial score (nSPS) is 27.2. The molecule has 1 amide bonds. The fourth-order valence-electron chi connectivity index (χ4n) is 2.47. The highest BCUT2D eigenvalue weighted by atomic mass is 35.5. The van der Waals surface area contributed by atoms with Crippen molar-refractivity contribution >= 4 is 40.7 Å². The van der Waals surface area contributed by atoms with Crippen LogP contribution < -0.4 is 5.32 Å². The molecular weight excluding hydrogens is 390 g/mol. The third-order valence-electron chi connectivity index (χ3n) is 3.41. The van der Waals surface area contributed by atoms with Crippen LogP contribution in [0.25, 0.3) is 0 Å². The zero-order valence-corrected chi connectivity index (χ0v) is 15.8. The summed E-state index contributed by atoms with van der Waals surface area (Å²) < 4.78 is 25.9. The van der Waals surface area contributed by atoms with Crippen LogP contribution in [0.3, 0.4) is 0 Å². The maximum atomic E-state index is 11.7. The lowest BCUT2D eigenvalue weighted by atomic mass is 9.96. The summed E-state index contributed by atoms with van der Waals surface area (Å²) in [4.78, 5) is 56.9. The Bertz CT molecular complexity index is 609. The second-order valence-corrected chi connectivity index (χ2v) is 5.85. The van der Waals surface area contributed by atoms with E-state index in [1.54, 1.807) is 0 Å². The lowest BCUT2D eigenvalue weighted by molar-refractivity contribution is -0.271. The minimum atomic E-state index is -1.32. The fourth-order valence-corrected chi connectivity index (χ4v) is 2.52. The molecule has 1 fully saturated rings. The third-order valence-corrected chi connectivity index (χ3v) is 3.58. The molecule has 11 nitrogen and oxygen atoms in total. The number of hydrogen-bond acceptors (Lipinski definition) is 10. The number of ether oxygens (including phenoxy) is 5. The van der Waals surface area contributed by atoms with Crippen LogP contribution in [-0.2, 0) is 47.7 Å². The molecule has 0 aliphatic carbocycles. The molecule has 1 aliphatic rings. The maximum Gasteiger partial charge on any atom is 0.309 e. The van der Waals surface area contributed by atoms with Crippen LogP contribution in [0.4, 0.5) is 0 Å². The smallest absolute Gasteiger partial charge is 0.309 e. The summed E-state index contributed by atoms with van der Waals surface area (Å²) in [6.45, 7) is 3.01. The van der Waals surface area contributed by atoms with E-state index >= 15 is 0 Å². The molecule has 0 spiro atoms. The molecule has 0 aromatic rings. The Hall–Kier alpha value is -2.24. The van der Waals surface area contributed by atoms with E-state index in [9.17, 15) is 24.0 Å². The van der Waals surface area contributed by atoms with E-state index in [0.717, 1.165) is 20.8 Å². The number of nitrogens with one attached hydrogen (secondary N) is 1. The Morgan fingerprint density at radius 1 is 0.963 bits per heavy atom. The van der Waals surface area contributed by atoms with Crippen LogP contribution in [0.1, 0.15) is 20.8 Å². The SMILES string of the molecule is CO[C@@H]1O[C@H](COC(C)=O)[C@@H](OC(C)=O)[C@H](OC(C)=O)[C@H]1NC(=O)C(=O)Cl. The average Bonchev–Trinajstić information content (AvgIpc) is 2.55. The molecule has 0 radical (unpaired) electrons. The molecule has 0 aromatic carbocycles. The highest BCUT2D eigenvalue weighted by Gasteiger charge is 2.51. The van der Waals surface area contributed by atoms with Gasteiger partial charge < -0.3 is 29.0 Å². The van der Waals surface area contributed by atoms with Crippen molar-refractivity contribution in [3.05, 3.63) is 0 Å². The summed E-state index contributed by atoms with van der Waals surface area (Å²) in [6.07, 6.45) is -4.90. The molecule has 0 aromatic heterocycles. The highest BCUT2D eigenvalue weighted by molar-refractivity contribution is 6.80. The molecule has 1 saturated heterocycles. The van der Waals surface area contributed by atoms with Gasteiger partial charge in [-0.2, -0.15) is 0 Å². The van der Waals surface area contributed by atoms with Crippen LogP contribution in [-0.4, -0.2) is 73.4 Å². The van der Waals surface area contributed by atoms with Crippen molar-refractivity contribution in [1.29, 1.82) is 0 Å². The van der Waals surface area contributed by atoms with Gasteiger partial charge in [0.2, 0.25) is 0 Å². The predicted molar refractivity (Wildman–Crippen MR) is 86.2 cm³/mol. The van der Waals surface area contributed by atoms with Gasteiger partial charge in [-0.3, -0.25) is 24.0 Å². The first-order chi connectivity index (χ1) is 12.6. The Labute approximate surface area is 159 Å². The molecule has 0 saturated carbocycles. The summed E-state index contributed by atoms with van der Waals surface area (Å²) in [5.74, 6) is -3.34. The first kappa shape index (κ1) is 22.8. The van der Waals surface area contributed by atoms with E-state index in [2.05, 4.69) is 5.32 Å². The van der Waals surface area contributed by atoms with Gasteiger partial charge >= 0.3 is 29.1 Å². The van der Waals surface area contributed by atoms with Gasteiger partial charge in [0.05, 0.1) is 0 Å². The zero-order valence-electron chi connectivity index (χ0n) is 15.1. The Balaban J connectivity index is 3.24. The number of carbonyl (C=O) groups is 5. The molecule has 152 valence electrons. The highest BCUT2D eigenvalue weighted by Crippen LogP contribution is 2.27. The van der Waals surface area contributed by atoms with Crippen molar-refractivity contribution in [3.63, 3.8) is 0 Å². The van der Waals surface area contributed by atoms with E-state index < -0.39 is 59.7 Å². The van der Waals surface area contributed by atoms with Crippen molar-refractivity contribution in [3.8, 4) is 0 Å². The summed E-state index contributed by atoms with van der Waals surface area (Å²) >= 11 is 5.14. The lowest BCUT2D eigenvalue weighted by Crippen LogP contribution is -2.67. The van der Waals surface area contributed by atoms with Gasteiger partial charge in [-0.1, -0.05) is 0 Å². The molecule has 0 bridgehead atoms. The summed E-state index contributed by atoms with van der Waals surface area (Å²) in [5, 5.41) is 0.895. The van der Waals surface area contributed by atoms with Crippen LogP contribution in [0.5, 0.6) is 0 Å². The first-order valence-corrected chi connectivity index (χ1v) is 8.11. The number of carbonyl (C=O) groups excluding carboxylic acids is 5.